The topological polar surface area (TPSA) is 52.7 Å². The fourth-order valence-electron chi connectivity index (χ4n) is 2.98. The highest BCUT2D eigenvalue weighted by atomic mass is 16.3. The van der Waals surface area contributed by atoms with E-state index in [-0.39, 0.29) is 6.61 Å². The average molecular weight is 291 g/mol. The van der Waals surface area contributed by atoms with Crippen molar-refractivity contribution in [2.24, 2.45) is 5.73 Å². The fourth-order valence-corrected chi connectivity index (χ4v) is 2.98. The number of aliphatic hydroxyl groups is 1. The molecule has 0 bridgehead atoms. The van der Waals surface area contributed by atoms with Gasteiger partial charge in [0.15, 0.2) is 0 Å². The highest BCUT2D eigenvalue weighted by Gasteiger charge is 2.26. The van der Waals surface area contributed by atoms with Gasteiger partial charge >= 0.3 is 0 Å². The lowest BCUT2D eigenvalue weighted by molar-refractivity contribution is 0.0847. The van der Waals surface area contributed by atoms with Crippen molar-refractivity contribution in [1.29, 1.82) is 0 Å². The third-order valence-electron chi connectivity index (χ3n) is 4.43. The third-order valence-corrected chi connectivity index (χ3v) is 4.43. The first-order chi connectivity index (χ1) is 10.0. The van der Waals surface area contributed by atoms with E-state index in [9.17, 15) is 5.11 Å². The number of nitrogens with zero attached hydrogens (tertiary/aromatic N) is 2. The molecule has 1 aromatic rings. The molecule has 0 amide bonds. The normalized spacial score (nSPS) is 23.9. The summed E-state index contributed by atoms with van der Waals surface area (Å²) in [7, 11) is 2.19. The van der Waals surface area contributed by atoms with E-state index in [2.05, 4.69) is 47.2 Å². The van der Waals surface area contributed by atoms with Crippen molar-refractivity contribution in [3.05, 3.63) is 35.9 Å². The minimum atomic E-state index is -0.450. The molecule has 3 N–H and O–H groups in total. The number of hydrogen-bond donors (Lipinski definition) is 2. The molecule has 1 aromatic carbocycles. The van der Waals surface area contributed by atoms with Gasteiger partial charge in [-0.3, -0.25) is 4.90 Å². The van der Waals surface area contributed by atoms with E-state index in [1.165, 1.54) is 5.56 Å². The number of aliphatic hydroxyl groups excluding tert-OH is 1. The smallest absolute Gasteiger partial charge is 0.0608 e. The molecule has 0 spiro atoms. The summed E-state index contributed by atoms with van der Waals surface area (Å²) in [4.78, 5) is 4.96. The van der Waals surface area contributed by atoms with Crippen LogP contribution in [-0.4, -0.2) is 60.3 Å². The highest BCUT2D eigenvalue weighted by Crippen LogP contribution is 2.25. The zero-order valence-electron chi connectivity index (χ0n) is 13.3. The Balaban J connectivity index is 1.96. The summed E-state index contributed by atoms with van der Waals surface area (Å²) in [5.41, 5.74) is 6.96. The van der Waals surface area contributed by atoms with Gasteiger partial charge in [0.2, 0.25) is 0 Å². The standard InChI is InChI=1S/C17H29N3O/c1-17(18,14-21)9-6-10-20-12-11-19(2)13-16(20)15-7-4-3-5-8-15/h3-5,7-8,16,21H,6,9-14,18H2,1-2H3. The van der Waals surface area contributed by atoms with Crippen molar-refractivity contribution < 1.29 is 5.11 Å². The van der Waals surface area contributed by atoms with Crippen LogP contribution < -0.4 is 5.73 Å². The number of piperazine rings is 1. The number of nitrogens with two attached hydrogens (primary N) is 1. The second-order valence-corrected chi connectivity index (χ2v) is 6.64. The fraction of sp³-hybridized carbons (Fsp3) is 0.647. The van der Waals surface area contributed by atoms with Crippen LogP contribution in [-0.2, 0) is 0 Å². The van der Waals surface area contributed by atoms with Crippen LogP contribution in [0.2, 0.25) is 0 Å². The van der Waals surface area contributed by atoms with Gasteiger partial charge in [-0.15, -0.1) is 0 Å². The third kappa shape index (κ3) is 4.78. The van der Waals surface area contributed by atoms with Crippen LogP contribution in [0.5, 0.6) is 0 Å². The first-order valence-corrected chi connectivity index (χ1v) is 7.89. The maximum atomic E-state index is 9.25. The van der Waals surface area contributed by atoms with Crippen LogP contribution in [0.15, 0.2) is 30.3 Å². The second-order valence-electron chi connectivity index (χ2n) is 6.64. The SMILES string of the molecule is CN1CCN(CCCC(C)(N)CO)C(c2ccccc2)C1. The molecule has 0 aromatic heterocycles. The molecule has 1 aliphatic rings. The Kier molecular flexibility index (Phi) is 5.76. The van der Waals surface area contributed by atoms with Gasteiger partial charge < -0.3 is 15.7 Å². The quantitative estimate of drug-likeness (QED) is 0.833. The summed E-state index contributed by atoms with van der Waals surface area (Å²) in [6.45, 7) is 6.30. The van der Waals surface area contributed by atoms with Gasteiger partial charge in [-0.2, -0.15) is 0 Å². The van der Waals surface area contributed by atoms with Crippen LogP contribution >= 0.6 is 0 Å². The lowest BCUT2D eigenvalue weighted by Crippen LogP contribution is -2.47. The minimum absolute atomic E-state index is 0.0534. The van der Waals surface area contributed by atoms with Crippen molar-refractivity contribution in [2.75, 3.05) is 39.8 Å². The zero-order valence-corrected chi connectivity index (χ0v) is 13.3. The Bertz CT molecular complexity index is 421. The predicted molar refractivity (Wildman–Crippen MR) is 87.2 cm³/mol. The molecule has 4 nitrogen and oxygen atoms in total. The lowest BCUT2D eigenvalue weighted by atomic mass is 9.97. The van der Waals surface area contributed by atoms with Gasteiger partial charge in [0.05, 0.1) is 6.61 Å². The molecule has 0 aliphatic carbocycles. The molecule has 21 heavy (non-hydrogen) atoms. The summed E-state index contributed by atoms with van der Waals surface area (Å²) in [6, 6.07) is 11.2. The van der Waals surface area contributed by atoms with E-state index >= 15 is 0 Å². The van der Waals surface area contributed by atoms with E-state index < -0.39 is 5.54 Å². The molecule has 1 heterocycles. The van der Waals surface area contributed by atoms with Gasteiger partial charge in [0.25, 0.3) is 0 Å². The minimum Gasteiger partial charge on any atom is -0.394 e. The van der Waals surface area contributed by atoms with Gasteiger partial charge in [0.1, 0.15) is 0 Å². The van der Waals surface area contributed by atoms with Gasteiger partial charge in [-0.1, -0.05) is 30.3 Å². The summed E-state index contributed by atoms with van der Waals surface area (Å²) >= 11 is 0. The van der Waals surface area contributed by atoms with Crippen LogP contribution in [0.3, 0.4) is 0 Å². The predicted octanol–water partition coefficient (Wildman–Crippen LogP) is 1.47. The van der Waals surface area contributed by atoms with E-state index in [1.807, 2.05) is 6.92 Å². The number of rotatable bonds is 6. The molecule has 2 rings (SSSR count). The largest absolute Gasteiger partial charge is 0.394 e. The maximum Gasteiger partial charge on any atom is 0.0608 e. The molecule has 1 aliphatic heterocycles. The van der Waals surface area contributed by atoms with Crippen molar-refractivity contribution >= 4 is 0 Å². The molecule has 118 valence electrons. The van der Waals surface area contributed by atoms with Crippen LogP contribution in [0.25, 0.3) is 0 Å². The average Bonchev–Trinajstić information content (AvgIpc) is 2.49. The number of likely N-dealkylation sites (N-methyl/N-ethyl adjacent to an activating group) is 1. The van der Waals surface area contributed by atoms with E-state index in [0.29, 0.717) is 6.04 Å². The molecule has 4 heteroatoms. The molecular formula is C17H29N3O. The van der Waals surface area contributed by atoms with E-state index in [0.717, 1.165) is 39.0 Å². The first kappa shape index (κ1) is 16.4. The summed E-state index contributed by atoms with van der Waals surface area (Å²) in [5, 5.41) is 9.25. The Morgan fingerprint density at radius 3 is 2.67 bits per heavy atom. The molecule has 0 saturated carbocycles. The monoisotopic (exact) mass is 291 g/mol. The Hall–Kier alpha value is -0.940. The molecule has 2 atom stereocenters. The Morgan fingerprint density at radius 2 is 2.00 bits per heavy atom. The zero-order chi connectivity index (χ0) is 15.3. The number of benzene rings is 1. The van der Waals surface area contributed by atoms with Crippen LogP contribution in [0, 0.1) is 0 Å². The first-order valence-electron chi connectivity index (χ1n) is 7.89. The Morgan fingerprint density at radius 1 is 1.29 bits per heavy atom. The molecular weight excluding hydrogens is 262 g/mol. The van der Waals surface area contributed by atoms with Crippen molar-refractivity contribution in [3.63, 3.8) is 0 Å². The maximum absolute atomic E-state index is 9.25. The molecule has 0 radical (unpaired) electrons. The second kappa shape index (κ2) is 7.36. The molecule has 1 saturated heterocycles. The highest BCUT2D eigenvalue weighted by molar-refractivity contribution is 5.20. The molecule has 2 unspecified atom stereocenters. The Labute approximate surface area is 128 Å². The van der Waals surface area contributed by atoms with Gasteiger partial charge in [-0.05, 0) is 38.9 Å². The number of hydrogen-bond acceptors (Lipinski definition) is 4. The van der Waals surface area contributed by atoms with Crippen LogP contribution in [0.1, 0.15) is 31.4 Å². The van der Waals surface area contributed by atoms with Crippen molar-refractivity contribution in [2.45, 2.75) is 31.3 Å². The summed E-state index contributed by atoms with van der Waals surface area (Å²) in [6.07, 6.45) is 1.89. The van der Waals surface area contributed by atoms with Crippen molar-refractivity contribution in [3.8, 4) is 0 Å². The van der Waals surface area contributed by atoms with Gasteiger partial charge in [-0.25, -0.2) is 0 Å². The van der Waals surface area contributed by atoms with Crippen LogP contribution in [0.4, 0.5) is 0 Å². The van der Waals surface area contributed by atoms with E-state index in [4.69, 9.17) is 5.73 Å². The molecule has 1 fully saturated rings. The lowest BCUT2D eigenvalue weighted by Gasteiger charge is -2.40. The van der Waals surface area contributed by atoms with Crippen molar-refractivity contribution in [1.82, 2.24) is 9.80 Å². The summed E-state index contributed by atoms with van der Waals surface area (Å²) in [5.74, 6) is 0. The van der Waals surface area contributed by atoms with E-state index in [1.54, 1.807) is 0 Å². The van der Waals surface area contributed by atoms with Gasteiger partial charge in [0, 0.05) is 31.2 Å². The summed E-state index contributed by atoms with van der Waals surface area (Å²) < 4.78 is 0.